The summed E-state index contributed by atoms with van der Waals surface area (Å²) < 4.78 is 76.7. The molecule has 4 nitrogen and oxygen atoms in total. The van der Waals surface area contributed by atoms with Gasteiger partial charge in [-0.1, -0.05) is 0 Å². The molecule has 0 fully saturated rings. The molecule has 0 atom stereocenters. The maximum Gasteiger partial charge on any atom is 0.417 e. The highest BCUT2D eigenvalue weighted by Crippen LogP contribution is 2.38. The zero-order valence-corrected chi connectivity index (χ0v) is 10.3. The van der Waals surface area contributed by atoms with Crippen LogP contribution in [0.1, 0.15) is 21.5 Å². The number of hydrogen-bond acceptors (Lipinski definition) is 2. The van der Waals surface area contributed by atoms with E-state index in [1.807, 2.05) is 4.98 Å². The Kier molecular flexibility index (Phi) is 3.42. The van der Waals surface area contributed by atoms with Crippen molar-refractivity contribution in [1.82, 2.24) is 4.98 Å². The first-order valence-electron chi connectivity index (χ1n) is 5.50. The molecule has 1 aromatic heterocycles. The van der Waals surface area contributed by atoms with E-state index in [2.05, 4.69) is 0 Å². The highest BCUT2D eigenvalue weighted by atomic mass is 19.4. The van der Waals surface area contributed by atoms with Crippen LogP contribution in [-0.2, 0) is 12.4 Å². The average molecular weight is 325 g/mol. The molecular formula is C12H5F6NO3. The molecule has 0 bridgehead atoms. The maximum absolute atomic E-state index is 12.9. The summed E-state index contributed by atoms with van der Waals surface area (Å²) in [6, 6.07) is 0.0980. The molecule has 22 heavy (non-hydrogen) atoms. The van der Waals surface area contributed by atoms with E-state index < -0.39 is 51.3 Å². The predicted molar refractivity (Wildman–Crippen MR) is 61.5 cm³/mol. The fraction of sp³-hybridized carbons (Fsp3) is 0.167. The van der Waals surface area contributed by atoms with Gasteiger partial charge in [0, 0.05) is 6.20 Å². The van der Waals surface area contributed by atoms with Crippen molar-refractivity contribution in [3.63, 3.8) is 0 Å². The highest BCUT2D eigenvalue weighted by Gasteiger charge is 2.39. The summed E-state index contributed by atoms with van der Waals surface area (Å²) in [4.78, 5) is 24.6. The van der Waals surface area contributed by atoms with E-state index in [1.165, 1.54) is 0 Å². The number of H-pyrrole nitrogens is 1. The molecule has 1 aromatic carbocycles. The van der Waals surface area contributed by atoms with E-state index in [-0.39, 0.29) is 6.07 Å². The van der Waals surface area contributed by atoms with Crippen molar-refractivity contribution >= 4 is 16.9 Å². The van der Waals surface area contributed by atoms with Crippen LogP contribution in [0.15, 0.2) is 23.1 Å². The van der Waals surface area contributed by atoms with Crippen LogP contribution >= 0.6 is 0 Å². The molecule has 0 spiro atoms. The first-order chi connectivity index (χ1) is 9.93. The van der Waals surface area contributed by atoms with Crippen molar-refractivity contribution in [3.8, 4) is 0 Å². The fourth-order valence-corrected chi connectivity index (χ4v) is 1.90. The Morgan fingerprint density at radius 2 is 1.64 bits per heavy atom. The summed E-state index contributed by atoms with van der Waals surface area (Å²) in [5.41, 5.74) is -6.72. The summed E-state index contributed by atoms with van der Waals surface area (Å²) in [6.07, 6.45) is -9.77. The number of nitrogens with one attached hydrogen (secondary N) is 1. The second-order valence-corrected chi connectivity index (χ2v) is 4.28. The van der Waals surface area contributed by atoms with Crippen molar-refractivity contribution in [2.45, 2.75) is 12.4 Å². The summed E-state index contributed by atoms with van der Waals surface area (Å²) in [6.45, 7) is 0. The van der Waals surface area contributed by atoms with Gasteiger partial charge in [-0.2, -0.15) is 26.3 Å². The molecule has 0 unspecified atom stereocenters. The zero-order chi connectivity index (χ0) is 16.9. The molecule has 0 saturated heterocycles. The van der Waals surface area contributed by atoms with Crippen molar-refractivity contribution in [2.75, 3.05) is 0 Å². The van der Waals surface area contributed by atoms with Crippen LogP contribution in [0.2, 0.25) is 0 Å². The normalized spacial score (nSPS) is 12.6. The van der Waals surface area contributed by atoms with Gasteiger partial charge in [0.15, 0.2) is 0 Å². The molecule has 0 radical (unpaired) electrons. The number of carbonyl (C=O) groups is 1. The molecule has 0 aliphatic carbocycles. The Morgan fingerprint density at radius 3 is 2.09 bits per heavy atom. The number of halogens is 6. The number of alkyl halides is 6. The van der Waals surface area contributed by atoms with Crippen LogP contribution < -0.4 is 5.43 Å². The highest BCUT2D eigenvalue weighted by molar-refractivity contribution is 5.93. The van der Waals surface area contributed by atoms with Gasteiger partial charge in [-0.25, -0.2) is 4.79 Å². The van der Waals surface area contributed by atoms with Gasteiger partial charge in [0.25, 0.3) is 0 Å². The predicted octanol–water partition coefficient (Wildman–Crippen LogP) is 3.26. The Hall–Kier alpha value is -2.52. The van der Waals surface area contributed by atoms with Gasteiger partial charge in [0.2, 0.25) is 5.43 Å². The molecule has 0 saturated carbocycles. The lowest BCUT2D eigenvalue weighted by Gasteiger charge is -2.14. The molecular weight excluding hydrogens is 320 g/mol. The lowest BCUT2D eigenvalue weighted by atomic mass is 10.0. The molecule has 2 rings (SSSR count). The SMILES string of the molecule is O=C(O)c1c[nH]c2cc(C(F)(F)F)cc(C(F)(F)F)c2c1=O. The number of rotatable bonds is 1. The quantitative estimate of drug-likeness (QED) is 0.791. The van der Waals surface area contributed by atoms with E-state index in [4.69, 9.17) is 5.11 Å². The molecule has 118 valence electrons. The molecule has 2 aromatic rings. The number of carboxylic acids is 1. The van der Waals surface area contributed by atoms with Gasteiger partial charge in [-0.15, -0.1) is 0 Å². The lowest BCUT2D eigenvalue weighted by Crippen LogP contribution is -2.20. The maximum atomic E-state index is 12.9. The van der Waals surface area contributed by atoms with Crippen molar-refractivity contribution in [1.29, 1.82) is 0 Å². The van der Waals surface area contributed by atoms with Crippen LogP contribution in [0, 0.1) is 0 Å². The average Bonchev–Trinajstić information content (AvgIpc) is 2.35. The number of carboxylic acid groups (broad SMARTS) is 1. The van der Waals surface area contributed by atoms with Crippen LogP contribution in [0.5, 0.6) is 0 Å². The summed E-state index contributed by atoms with van der Waals surface area (Å²) in [5, 5.41) is 7.57. The summed E-state index contributed by atoms with van der Waals surface area (Å²) in [5.74, 6) is -1.80. The van der Waals surface area contributed by atoms with E-state index in [1.54, 1.807) is 0 Å². The molecule has 0 aliphatic heterocycles. The van der Waals surface area contributed by atoms with E-state index in [0.717, 1.165) is 0 Å². The first kappa shape index (κ1) is 15.9. The minimum absolute atomic E-state index is 0.219. The largest absolute Gasteiger partial charge is 0.477 e. The second-order valence-electron chi connectivity index (χ2n) is 4.28. The number of aromatic amines is 1. The van der Waals surface area contributed by atoms with Gasteiger partial charge in [0.1, 0.15) is 5.56 Å². The van der Waals surface area contributed by atoms with Crippen LogP contribution in [0.25, 0.3) is 10.9 Å². The van der Waals surface area contributed by atoms with Crippen LogP contribution in [0.3, 0.4) is 0 Å². The molecule has 2 N–H and O–H groups in total. The number of aromatic carboxylic acids is 1. The summed E-state index contributed by atoms with van der Waals surface area (Å²) >= 11 is 0. The van der Waals surface area contributed by atoms with Gasteiger partial charge in [-0.3, -0.25) is 4.79 Å². The number of aromatic nitrogens is 1. The van der Waals surface area contributed by atoms with Gasteiger partial charge in [0.05, 0.1) is 22.0 Å². The van der Waals surface area contributed by atoms with Gasteiger partial charge < -0.3 is 10.1 Å². The zero-order valence-electron chi connectivity index (χ0n) is 10.3. The van der Waals surface area contributed by atoms with Crippen molar-refractivity contribution < 1.29 is 36.2 Å². The number of fused-ring (bicyclic) bond motifs is 1. The number of pyridine rings is 1. The summed E-state index contributed by atoms with van der Waals surface area (Å²) in [7, 11) is 0. The molecule has 0 amide bonds. The van der Waals surface area contributed by atoms with Crippen molar-refractivity contribution in [2.24, 2.45) is 0 Å². The number of hydrogen-bond donors (Lipinski definition) is 2. The van der Waals surface area contributed by atoms with E-state index in [0.29, 0.717) is 12.3 Å². The van der Waals surface area contributed by atoms with Crippen molar-refractivity contribution in [3.05, 3.63) is 45.2 Å². The smallest absolute Gasteiger partial charge is 0.417 e. The minimum atomic E-state index is -5.26. The first-order valence-corrected chi connectivity index (χ1v) is 5.50. The van der Waals surface area contributed by atoms with Crippen LogP contribution in [-0.4, -0.2) is 16.1 Å². The third-order valence-electron chi connectivity index (χ3n) is 2.85. The van der Waals surface area contributed by atoms with E-state index >= 15 is 0 Å². The molecule has 10 heteroatoms. The minimum Gasteiger partial charge on any atom is -0.477 e. The van der Waals surface area contributed by atoms with E-state index in [9.17, 15) is 35.9 Å². The number of benzene rings is 1. The standard InChI is InChI=1S/C12H5F6NO3/c13-11(14,15)4-1-6(12(16,17)18)8-7(2-4)19-3-5(9(8)20)10(21)22/h1-3H,(H,19,20)(H,21,22). The Morgan fingerprint density at radius 1 is 1.05 bits per heavy atom. The lowest BCUT2D eigenvalue weighted by molar-refractivity contribution is -0.142. The van der Waals surface area contributed by atoms with Crippen LogP contribution in [0.4, 0.5) is 26.3 Å². The Balaban J connectivity index is 2.99. The fourth-order valence-electron chi connectivity index (χ4n) is 1.90. The topological polar surface area (TPSA) is 70.2 Å². The monoisotopic (exact) mass is 325 g/mol. The Bertz CT molecular complexity index is 818. The third kappa shape index (κ3) is 2.63. The molecule has 1 heterocycles. The van der Waals surface area contributed by atoms with Gasteiger partial charge >= 0.3 is 18.3 Å². The second kappa shape index (κ2) is 4.75. The Labute approximate surface area is 117 Å². The molecule has 0 aliphatic rings. The van der Waals surface area contributed by atoms with Gasteiger partial charge in [-0.05, 0) is 12.1 Å². The third-order valence-corrected chi connectivity index (χ3v) is 2.85.